The highest BCUT2D eigenvalue weighted by molar-refractivity contribution is 7.99. The van der Waals surface area contributed by atoms with E-state index in [4.69, 9.17) is 0 Å². The zero-order valence-corrected chi connectivity index (χ0v) is 9.99. The number of rotatable bonds is 4. The van der Waals surface area contributed by atoms with Crippen molar-refractivity contribution in [2.24, 2.45) is 0 Å². The molecule has 0 aromatic rings. The van der Waals surface area contributed by atoms with Crippen molar-refractivity contribution in [1.29, 1.82) is 0 Å². The summed E-state index contributed by atoms with van der Waals surface area (Å²) in [6.07, 6.45) is 9.11. The second-order valence-electron chi connectivity index (χ2n) is 4.20. The number of hydrogen-bond acceptors (Lipinski definition) is 2. The lowest BCUT2D eigenvalue weighted by Gasteiger charge is -2.30. The zero-order chi connectivity index (χ0) is 9.68. The van der Waals surface area contributed by atoms with Crippen LogP contribution in [-0.4, -0.2) is 23.6 Å². The summed E-state index contributed by atoms with van der Waals surface area (Å²) in [6.45, 7) is 4.55. The minimum Gasteiger partial charge on any atom is -0.311 e. The van der Waals surface area contributed by atoms with Crippen LogP contribution < -0.4 is 5.32 Å². The standard InChI is InChI=1S/C11H23NS/c1-4-9(2)12-10-6-5-7-11(8-10)13-3/h9-12H,4-8H2,1-3H3. The SMILES string of the molecule is CCC(C)NC1CCCC(SC)C1. The van der Waals surface area contributed by atoms with Crippen molar-refractivity contribution in [3.8, 4) is 0 Å². The Morgan fingerprint density at radius 3 is 2.85 bits per heavy atom. The summed E-state index contributed by atoms with van der Waals surface area (Å²) in [4.78, 5) is 0. The quantitative estimate of drug-likeness (QED) is 0.750. The average Bonchev–Trinajstić information content (AvgIpc) is 2.18. The molecular formula is C11H23NS. The Hall–Kier alpha value is 0.310. The number of hydrogen-bond donors (Lipinski definition) is 1. The fourth-order valence-corrected chi connectivity index (χ4v) is 2.86. The van der Waals surface area contributed by atoms with Gasteiger partial charge in [0.05, 0.1) is 0 Å². The summed E-state index contributed by atoms with van der Waals surface area (Å²) < 4.78 is 0. The van der Waals surface area contributed by atoms with Gasteiger partial charge in [0.2, 0.25) is 0 Å². The molecule has 1 rings (SSSR count). The fourth-order valence-electron chi connectivity index (χ4n) is 2.03. The second-order valence-corrected chi connectivity index (χ2v) is 5.34. The first-order valence-corrected chi connectivity index (χ1v) is 6.83. The maximum atomic E-state index is 3.72. The van der Waals surface area contributed by atoms with Gasteiger partial charge in [0.1, 0.15) is 0 Å². The van der Waals surface area contributed by atoms with E-state index in [0.29, 0.717) is 6.04 Å². The Kier molecular flexibility index (Phi) is 5.18. The molecule has 3 atom stereocenters. The first-order valence-electron chi connectivity index (χ1n) is 5.55. The van der Waals surface area contributed by atoms with Crippen molar-refractivity contribution in [2.45, 2.75) is 63.3 Å². The molecule has 0 aromatic carbocycles. The van der Waals surface area contributed by atoms with Gasteiger partial charge in [-0.2, -0.15) is 11.8 Å². The van der Waals surface area contributed by atoms with Gasteiger partial charge in [0.25, 0.3) is 0 Å². The molecule has 1 aliphatic carbocycles. The largest absolute Gasteiger partial charge is 0.311 e. The zero-order valence-electron chi connectivity index (χ0n) is 9.18. The number of nitrogens with one attached hydrogen (secondary N) is 1. The Morgan fingerprint density at radius 1 is 1.46 bits per heavy atom. The topological polar surface area (TPSA) is 12.0 Å². The Bertz CT molecular complexity index is 136. The van der Waals surface area contributed by atoms with Crippen molar-refractivity contribution < 1.29 is 0 Å². The van der Waals surface area contributed by atoms with Crippen molar-refractivity contribution in [3.63, 3.8) is 0 Å². The first kappa shape index (κ1) is 11.4. The molecule has 0 radical (unpaired) electrons. The van der Waals surface area contributed by atoms with E-state index < -0.39 is 0 Å². The van der Waals surface area contributed by atoms with Gasteiger partial charge in [-0.05, 0) is 38.9 Å². The lowest BCUT2D eigenvalue weighted by atomic mass is 9.94. The molecular weight excluding hydrogens is 178 g/mol. The van der Waals surface area contributed by atoms with Crippen LogP contribution in [0.15, 0.2) is 0 Å². The summed E-state index contributed by atoms with van der Waals surface area (Å²) in [5.74, 6) is 0. The van der Waals surface area contributed by atoms with Gasteiger partial charge in [-0.25, -0.2) is 0 Å². The predicted octanol–water partition coefficient (Wildman–Crippen LogP) is 3.05. The van der Waals surface area contributed by atoms with E-state index in [-0.39, 0.29) is 0 Å². The average molecular weight is 201 g/mol. The van der Waals surface area contributed by atoms with Gasteiger partial charge in [-0.1, -0.05) is 13.3 Å². The molecule has 0 heterocycles. The maximum Gasteiger partial charge on any atom is 0.00800 e. The normalized spacial score (nSPS) is 31.6. The van der Waals surface area contributed by atoms with Crippen molar-refractivity contribution in [1.82, 2.24) is 5.32 Å². The highest BCUT2D eigenvalue weighted by Crippen LogP contribution is 2.27. The molecule has 1 N–H and O–H groups in total. The van der Waals surface area contributed by atoms with Crippen LogP contribution >= 0.6 is 11.8 Å². The summed E-state index contributed by atoms with van der Waals surface area (Å²) in [5.41, 5.74) is 0. The molecule has 13 heavy (non-hydrogen) atoms. The lowest BCUT2D eigenvalue weighted by molar-refractivity contribution is 0.346. The molecule has 2 heteroatoms. The van der Waals surface area contributed by atoms with Crippen LogP contribution in [0.4, 0.5) is 0 Å². The first-order chi connectivity index (χ1) is 6.26. The van der Waals surface area contributed by atoms with E-state index in [1.165, 1.54) is 32.1 Å². The molecule has 1 nitrogen and oxygen atoms in total. The monoisotopic (exact) mass is 201 g/mol. The van der Waals surface area contributed by atoms with Gasteiger partial charge in [-0.15, -0.1) is 0 Å². The predicted molar refractivity (Wildman–Crippen MR) is 62.4 cm³/mol. The highest BCUT2D eigenvalue weighted by atomic mass is 32.2. The van der Waals surface area contributed by atoms with Gasteiger partial charge in [0, 0.05) is 17.3 Å². The molecule has 3 unspecified atom stereocenters. The van der Waals surface area contributed by atoms with E-state index in [2.05, 4.69) is 25.4 Å². The molecule has 0 aliphatic heterocycles. The molecule has 0 saturated heterocycles. The smallest absolute Gasteiger partial charge is 0.00800 e. The van der Waals surface area contributed by atoms with Gasteiger partial charge in [0.15, 0.2) is 0 Å². The third kappa shape index (κ3) is 3.90. The van der Waals surface area contributed by atoms with Gasteiger partial charge in [-0.3, -0.25) is 0 Å². The van der Waals surface area contributed by atoms with Crippen LogP contribution in [0.1, 0.15) is 46.0 Å². The third-order valence-corrected chi connectivity index (χ3v) is 4.19. The van der Waals surface area contributed by atoms with Crippen molar-refractivity contribution in [2.75, 3.05) is 6.26 Å². The van der Waals surface area contributed by atoms with Gasteiger partial charge < -0.3 is 5.32 Å². The molecule has 0 aromatic heterocycles. The molecule has 0 spiro atoms. The minimum atomic E-state index is 0.700. The van der Waals surface area contributed by atoms with E-state index >= 15 is 0 Å². The minimum absolute atomic E-state index is 0.700. The summed E-state index contributed by atoms with van der Waals surface area (Å²) in [7, 11) is 0. The Morgan fingerprint density at radius 2 is 2.23 bits per heavy atom. The molecule has 1 aliphatic rings. The summed E-state index contributed by atoms with van der Waals surface area (Å²) >= 11 is 2.04. The van der Waals surface area contributed by atoms with Gasteiger partial charge >= 0.3 is 0 Å². The summed E-state index contributed by atoms with van der Waals surface area (Å²) in [6, 6.07) is 1.49. The second kappa shape index (κ2) is 5.92. The third-order valence-electron chi connectivity index (χ3n) is 3.09. The van der Waals surface area contributed by atoms with Crippen molar-refractivity contribution >= 4 is 11.8 Å². The Labute approximate surface area is 87.1 Å². The van der Waals surface area contributed by atoms with Crippen LogP contribution in [0.5, 0.6) is 0 Å². The van der Waals surface area contributed by atoms with Crippen molar-refractivity contribution in [3.05, 3.63) is 0 Å². The van der Waals surface area contributed by atoms with Crippen LogP contribution in [0.25, 0.3) is 0 Å². The van der Waals surface area contributed by atoms with E-state index in [9.17, 15) is 0 Å². The molecule has 78 valence electrons. The Balaban J connectivity index is 2.25. The van der Waals surface area contributed by atoms with E-state index in [1.807, 2.05) is 11.8 Å². The molecule has 1 fully saturated rings. The lowest BCUT2D eigenvalue weighted by Crippen LogP contribution is -2.40. The summed E-state index contributed by atoms with van der Waals surface area (Å²) in [5, 5.41) is 4.63. The molecule has 0 amide bonds. The van der Waals surface area contributed by atoms with E-state index in [1.54, 1.807) is 0 Å². The van der Waals surface area contributed by atoms with Crippen LogP contribution in [0.2, 0.25) is 0 Å². The highest BCUT2D eigenvalue weighted by Gasteiger charge is 2.21. The van der Waals surface area contributed by atoms with Crippen LogP contribution in [0, 0.1) is 0 Å². The van der Waals surface area contributed by atoms with Crippen LogP contribution in [0.3, 0.4) is 0 Å². The van der Waals surface area contributed by atoms with E-state index in [0.717, 1.165) is 11.3 Å². The van der Waals surface area contributed by atoms with Crippen LogP contribution in [-0.2, 0) is 0 Å². The molecule has 0 bridgehead atoms. The maximum absolute atomic E-state index is 3.72. The fraction of sp³-hybridized carbons (Fsp3) is 1.00. The number of thioether (sulfide) groups is 1. The molecule has 1 saturated carbocycles.